The average molecular weight is 463 g/mol. The number of nitrogens with one attached hydrogen (secondary N) is 4. The van der Waals surface area contributed by atoms with Crippen LogP contribution >= 0.6 is 0 Å². The second kappa shape index (κ2) is 11.1. The van der Waals surface area contributed by atoms with Crippen LogP contribution in [-0.2, 0) is 0 Å². The van der Waals surface area contributed by atoms with Gasteiger partial charge in [0.05, 0.1) is 23.9 Å². The Morgan fingerprint density at radius 2 is 1.94 bits per heavy atom. The lowest BCUT2D eigenvalue weighted by Crippen LogP contribution is -2.59. The molecule has 34 heavy (non-hydrogen) atoms. The average Bonchev–Trinajstić information content (AvgIpc) is 3.17. The van der Waals surface area contributed by atoms with Gasteiger partial charge in [0.2, 0.25) is 11.9 Å². The van der Waals surface area contributed by atoms with E-state index >= 15 is 0 Å². The number of pyridine rings is 1. The van der Waals surface area contributed by atoms with E-state index in [2.05, 4.69) is 50.2 Å². The second-order valence-corrected chi connectivity index (χ2v) is 9.66. The van der Waals surface area contributed by atoms with E-state index < -0.39 is 0 Å². The maximum atomic E-state index is 4.94. The quantitative estimate of drug-likeness (QED) is 0.490. The topological polar surface area (TPSA) is 89.0 Å². The lowest BCUT2D eigenvalue weighted by molar-refractivity contribution is 0.272. The van der Waals surface area contributed by atoms with E-state index in [1.54, 1.807) is 0 Å². The number of rotatable bonds is 6. The third-order valence-corrected chi connectivity index (χ3v) is 7.24. The van der Waals surface area contributed by atoms with E-state index in [1.165, 1.54) is 57.9 Å². The van der Waals surface area contributed by atoms with Crippen LogP contribution in [0, 0.1) is 0 Å². The molecule has 0 bridgehead atoms. The molecule has 2 atom stereocenters. The summed E-state index contributed by atoms with van der Waals surface area (Å²) in [6.45, 7) is 5.30. The van der Waals surface area contributed by atoms with Crippen LogP contribution in [0.2, 0.25) is 0 Å². The van der Waals surface area contributed by atoms with Crippen LogP contribution in [0.15, 0.2) is 46.5 Å². The van der Waals surface area contributed by atoms with E-state index in [0.29, 0.717) is 18.0 Å². The SMILES string of the molecule is CCN1CCCC1CN=C1NC(Nc2cnc3ccccc3c2)=NC(NC2CCCCCC2)N1. The lowest BCUT2D eigenvalue weighted by Gasteiger charge is -2.30. The Kier molecular flexibility index (Phi) is 7.56. The van der Waals surface area contributed by atoms with Crippen LogP contribution in [-0.4, -0.2) is 59.8 Å². The number of aromatic nitrogens is 1. The first-order chi connectivity index (χ1) is 16.8. The molecule has 2 unspecified atom stereocenters. The highest BCUT2D eigenvalue weighted by atomic mass is 15.4. The first kappa shape index (κ1) is 23.1. The van der Waals surface area contributed by atoms with Crippen molar-refractivity contribution in [2.45, 2.75) is 76.7 Å². The minimum Gasteiger partial charge on any atom is -0.325 e. The molecule has 1 saturated heterocycles. The van der Waals surface area contributed by atoms with Gasteiger partial charge in [-0.2, -0.15) is 0 Å². The van der Waals surface area contributed by atoms with Crippen molar-refractivity contribution in [2.24, 2.45) is 9.98 Å². The highest BCUT2D eigenvalue weighted by Gasteiger charge is 2.25. The van der Waals surface area contributed by atoms with Gasteiger partial charge in [-0.3, -0.25) is 25.5 Å². The van der Waals surface area contributed by atoms with Gasteiger partial charge in [-0.25, -0.2) is 4.99 Å². The molecule has 1 aromatic carbocycles. The number of anilines is 1. The zero-order valence-electron chi connectivity index (χ0n) is 20.3. The van der Waals surface area contributed by atoms with Crippen LogP contribution in [0.3, 0.4) is 0 Å². The number of guanidine groups is 2. The van der Waals surface area contributed by atoms with E-state index in [4.69, 9.17) is 9.98 Å². The van der Waals surface area contributed by atoms with Crippen LogP contribution in [0.25, 0.3) is 10.9 Å². The molecule has 2 aliphatic heterocycles. The fraction of sp³-hybridized carbons (Fsp3) is 0.577. The zero-order valence-corrected chi connectivity index (χ0v) is 20.3. The molecule has 1 saturated carbocycles. The molecule has 3 heterocycles. The molecule has 1 aliphatic carbocycles. The monoisotopic (exact) mass is 462 g/mol. The summed E-state index contributed by atoms with van der Waals surface area (Å²) < 4.78 is 0. The molecule has 4 N–H and O–H groups in total. The van der Waals surface area contributed by atoms with Gasteiger partial charge < -0.3 is 10.6 Å². The summed E-state index contributed by atoms with van der Waals surface area (Å²) in [6.07, 6.45) is 11.8. The summed E-state index contributed by atoms with van der Waals surface area (Å²) in [7, 11) is 0. The van der Waals surface area contributed by atoms with Crippen LogP contribution in [0.1, 0.15) is 58.3 Å². The van der Waals surface area contributed by atoms with E-state index in [0.717, 1.165) is 35.6 Å². The number of likely N-dealkylation sites (tertiary alicyclic amines) is 1. The predicted octanol–water partition coefficient (Wildman–Crippen LogP) is 3.63. The van der Waals surface area contributed by atoms with Crippen molar-refractivity contribution in [2.75, 3.05) is 25.0 Å². The number of para-hydroxylation sites is 1. The van der Waals surface area contributed by atoms with E-state index in [1.807, 2.05) is 24.4 Å². The van der Waals surface area contributed by atoms with Gasteiger partial charge in [0.15, 0.2) is 6.29 Å². The second-order valence-electron chi connectivity index (χ2n) is 9.66. The minimum absolute atomic E-state index is 0.204. The van der Waals surface area contributed by atoms with Gasteiger partial charge in [-0.15, -0.1) is 0 Å². The van der Waals surface area contributed by atoms with E-state index in [-0.39, 0.29) is 6.29 Å². The fourth-order valence-electron chi connectivity index (χ4n) is 5.36. The summed E-state index contributed by atoms with van der Waals surface area (Å²) in [6, 6.07) is 11.3. The molecule has 1 aromatic heterocycles. The molecule has 0 radical (unpaired) electrons. The Morgan fingerprint density at radius 3 is 2.79 bits per heavy atom. The Morgan fingerprint density at radius 1 is 1.09 bits per heavy atom. The maximum Gasteiger partial charge on any atom is 0.205 e. The number of hydrogen-bond donors (Lipinski definition) is 4. The van der Waals surface area contributed by atoms with Crippen LogP contribution in [0.5, 0.6) is 0 Å². The number of benzene rings is 1. The number of aliphatic imine (C=N–C) groups is 2. The van der Waals surface area contributed by atoms with Crippen molar-refractivity contribution < 1.29 is 0 Å². The minimum atomic E-state index is -0.204. The summed E-state index contributed by atoms with van der Waals surface area (Å²) in [4.78, 5) is 17.0. The first-order valence-corrected chi connectivity index (χ1v) is 13.0. The van der Waals surface area contributed by atoms with Crippen molar-refractivity contribution in [3.63, 3.8) is 0 Å². The van der Waals surface area contributed by atoms with Crippen molar-refractivity contribution >= 4 is 28.5 Å². The molecular weight excluding hydrogens is 424 g/mol. The predicted molar refractivity (Wildman–Crippen MR) is 140 cm³/mol. The van der Waals surface area contributed by atoms with Crippen molar-refractivity contribution in [3.8, 4) is 0 Å². The maximum absolute atomic E-state index is 4.94. The molecule has 5 rings (SSSR count). The summed E-state index contributed by atoms with van der Waals surface area (Å²) in [5.41, 5.74) is 1.90. The van der Waals surface area contributed by atoms with Gasteiger partial charge in [0, 0.05) is 17.5 Å². The Labute approximate surface area is 202 Å². The largest absolute Gasteiger partial charge is 0.325 e. The Hall–Kier alpha value is -2.71. The molecule has 2 fully saturated rings. The Balaban J connectivity index is 1.32. The third kappa shape index (κ3) is 5.85. The standard InChI is InChI=1S/C26H38N8/c1-2-34-15-9-13-22(34)18-28-24-31-25(29-20-11-5-3-4-6-12-20)33-26(32-24)30-21-16-19-10-7-8-14-23(19)27-17-21/h7-8,10,14,16-17,20,22,25,29H,2-6,9,11-13,15,18H2,1H3,(H3,28,30,31,32,33). The summed E-state index contributed by atoms with van der Waals surface area (Å²) in [5.74, 6) is 1.47. The molecule has 182 valence electrons. The molecule has 0 spiro atoms. The number of fused-ring (bicyclic) bond motifs is 1. The molecule has 3 aliphatic rings. The molecule has 0 amide bonds. The number of hydrogen-bond acceptors (Lipinski definition) is 6. The Bertz CT molecular complexity index is 1010. The number of nitrogens with zero attached hydrogens (tertiary/aromatic N) is 4. The highest BCUT2D eigenvalue weighted by molar-refractivity contribution is 6.07. The van der Waals surface area contributed by atoms with Crippen molar-refractivity contribution in [1.29, 1.82) is 0 Å². The smallest absolute Gasteiger partial charge is 0.205 e. The van der Waals surface area contributed by atoms with Gasteiger partial charge in [-0.05, 0) is 50.9 Å². The van der Waals surface area contributed by atoms with Crippen LogP contribution in [0.4, 0.5) is 5.69 Å². The molecule has 8 nitrogen and oxygen atoms in total. The van der Waals surface area contributed by atoms with Gasteiger partial charge in [-0.1, -0.05) is 50.8 Å². The van der Waals surface area contributed by atoms with E-state index in [9.17, 15) is 0 Å². The normalized spacial score (nSPS) is 25.6. The highest BCUT2D eigenvalue weighted by Crippen LogP contribution is 2.19. The molecular formula is C26H38N8. The van der Waals surface area contributed by atoms with Gasteiger partial charge in [0.1, 0.15) is 0 Å². The first-order valence-electron chi connectivity index (χ1n) is 13.0. The zero-order chi connectivity index (χ0) is 23.2. The van der Waals surface area contributed by atoms with Gasteiger partial charge >= 0.3 is 0 Å². The molecule has 2 aromatic rings. The summed E-state index contributed by atoms with van der Waals surface area (Å²) in [5, 5.41) is 15.1. The summed E-state index contributed by atoms with van der Waals surface area (Å²) >= 11 is 0. The fourth-order valence-corrected chi connectivity index (χ4v) is 5.36. The van der Waals surface area contributed by atoms with Crippen molar-refractivity contribution in [1.82, 2.24) is 25.8 Å². The lowest BCUT2D eigenvalue weighted by atomic mass is 10.1. The van der Waals surface area contributed by atoms with Crippen LogP contribution < -0.4 is 21.3 Å². The van der Waals surface area contributed by atoms with Crippen molar-refractivity contribution in [3.05, 3.63) is 36.5 Å². The third-order valence-electron chi connectivity index (χ3n) is 7.24. The molecule has 8 heteroatoms. The van der Waals surface area contributed by atoms with Gasteiger partial charge in [0.25, 0.3) is 0 Å². The number of likely N-dealkylation sites (N-methyl/N-ethyl adjacent to an activating group) is 1.